The molecule has 1 unspecified atom stereocenters. The molecule has 0 saturated heterocycles. The van der Waals surface area contributed by atoms with Gasteiger partial charge in [0.05, 0.1) is 10.6 Å². The van der Waals surface area contributed by atoms with Crippen LogP contribution in [-0.2, 0) is 0 Å². The van der Waals surface area contributed by atoms with Crippen LogP contribution in [0.5, 0.6) is 5.88 Å². The Bertz CT molecular complexity index is 660. The zero-order valence-electron chi connectivity index (χ0n) is 11.7. The second-order valence-electron chi connectivity index (χ2n) is 4.63. The first-order valence-electron chi connectivity index (χ1n) is 6.33. The number of aliphatic hydroxyl groups excluding tert-OH is 1. The summed E-state index contributed by atoms with van der Waals surface area (Å²) in [6.45, 7) is 3.66. The second kappa shape index (κ2) is 6.27. The van der Waals surface area contributed by atoms with Crippen LogP contribution in [0.2, 0.25) is 0 Å². The number of hydrogen-bond donors (Lipinski definition) is 1. The first-order chi connectivity index (χ1) is 9.97. The molecule has 0 fully saturated rings. The normalized spacial score (nSPS) is 12.0. The van der Waals surface area contributed by atoms with Crippen molar-refractivity contribution >= 4 is 5.69 Å². The van der Waals surface area contributed by atoms with Gasteiger partial charge < -0.3 is 9.84 Å². The third-order valence-corrected chi connectivity index (χ3v) is 3.06. The standard InChI is InChI=1S/C14H15N3O4/c1-9-6-14(16-15-10(9)2)21-8-13(18)11-4-3-5-12(7-11)17(19)20/h3-7,13,18H,8H2,1-2H3. The Morgan fingerprint density at radius 3 is 2.76 bits per heavy atom. The van der Waals surface area contributed by atoms with Gasteiger partial charge in [-0.25, -0.2) is 0 Å². The van der Waals surface area contributed by atoms with Gasteiger partial charge >= 0.3 is 0 Å². The summed E-state index contributed by atoms with van der Waals surface area (Å²) >= 11 is 0. The number of hydrogen-bond acceptors (Lipinski definition) is 6. The minimum atomic E-state index is -0.978. The highest BCUT2D eigenvalue weighted by Gasteiger charge is 2.13. The highest BCUT2D eigenvalue weighted by atomic mass is 16.6. The topological polar surface area (TPSA) is 98.4 Å². The predicted octanol–water partition coefficient (Wildman–Crippen LogP) is 2.11. The summed E-state index contributed by atoms with van der Waals surface area (Å²) in [5, 5.41) is 28.5. The van der Waals surface area contributed by atoms with Gasteiger partial charge in [-0.15, -0.1) is 5.10 Å². The minimum absolute atomic E-state index is 0.0572. The molecule has 1 heterocycles. The monoisotopic (exact) mass is 289 g/mol. The van der Waals surface area contributed by atoms with Crippen LogP contribution in [-0.4, -0.2) is 26.8 Å². The van der Waals surface area contributed by atoms with Gasteiger partial charge in [0.15, 0.2) is 0 Å². The molecule has 1 aromatic heterocycles. The summed E-state index contributed by atoms with van der Waals surface area (Å²) in [4.78, 5) is 10.2. The van der Waals surface area contributed by atoms with E-state index in [1.165, 1.54) is 18.2 Å². The maximum absolute atomic E-state index is 10.7. The number of benzene rings is 1. The molecular weight excluding hydrogens is 274 g/mol. The van der Waals surface area contributed by atoms with Crippen LogP contribution >= 0.6 is 0 Å². The Hall–Kier alpha value is -2.54. The van der Waals surface area contributed by atoms with Crippen molar-refractivity contribution in [2.45, 2.75) is 20.0 Å². The van der Waals surface area contributed by atoms with Gasteiger partial charge in [-0.3, -0.25) is 10.1 Å². The Balaban J connectivity index is 2.04. The third kappa shape index (κ3) is 3.73. The average Bonchev–Trinajstić information content (AvgIpc) is 2.48. The van der Waals surface area contributed by atoms with Gasteiger partial charge in [-0.1, -0.05) is 12.1 Å². The van der Waals surface area contributed by atoms with E-state index < -0.39 is 11.0 Å². The molecule has 0 bridgehead atoms. The number of non-ortho nitro benzene ring substituents is 1. The quantitative estimate of drug-likeness (QED) is 0.668. The van der Waals surface area contributed by atoms with Crippen molar-refractivity contribution in [2.75, 3.05) is 6.61 Å². The number of aromatic nitrogens is 2. The lowest BCUT2D eigenvalue weighted by Crippen LogP contribution is -2.11. The molecule has 21 heavy (non-hydrogen) atoms. The van der Waals surface area contributed by atoms with Crippen LogP contribution in [0.1, 0.15) is 22.9 Å². The molecule has 7 heteroatoms. The number of rotatable bonds is 5. The molecule has 0 amide bonds. The van der Waals surface area contributed by atoms with Crippen molar-refractivity contribution in [3.63, 3.8) is 0 Å². The first kappa shape index (κ1) is 14.9. The van der Waals surface area contributed by atoms with E-state index in [-0.39, 0.29) is 12.3 Å². The molecule has 2 aromatic rings. The molecule has 0 saturated carbocycles. The highest BCUT2D eigenvalue weighted by molar-refractivity contribution is 5.35. The van der Waals surface area contributed by atoms with Gasteiger partial charge in [0.25, 0.3) is 5.69 Å². The van der Waals surface area contributed by atoms with Crippen LogP contribution in [0.3, 0.4) is 0 Å². The van der Waals surface area contributed by atoms with E-state index in [1.807, 2.05) is 13.8 Å². The van der Waals surface area contributed by atoms with Gasteiger partial charge in [0, 0.05) is 18.2 Å². The molecular formula is C14H15N3O4. The molecule has 0 spiro atoms. The fourth-order valence-corrected chi connectivity index (χ4v) is 1.70. The Morgan fingerprint density at radius 1 is 1.33 bits per heavy atom. The highest BCUT2D eigenvalue weighted by Crippen LogP contribution is 2.20. The summed E-state index contributed by atoms with van der Waals surface area (Å²) in [5.74, 6) is 0.308. The molecule has 1 aromatic carbocycles. The molecule has 0 radical (unpaired) electrons. The Labute approximate surface area is 121 Å². The van der Waals surface area contributed by atoms with E-state index in [2.05, 4.69) is 10.2 Å². The average molecular weight is 289 g/mol. The molecule has 7 nitrogen and oxygen atoms in total. The predicted molar refractivity (Wildman–Crippen MR) is 75.1 cm³/mol. The smallest absolute Gasteiger partial charge is 0.269 e. The van der Waals surface area contributed by atoms with E-state index >= 15 is 0 Å². The van der Waals surface area contributed by atoms with Crippen LogP contribution in [0, 0.1) is 24.0 Å². The second-order valence-corrected chi connectivity index (χ2v) is 4.63. The number of nitro groups is 1. The fourth-order valence-electron chi connectivity index (χ4n) is 1.70. The van der Waals surface area contributed by atoms with Crippen molar-refractivity contribution in [1.82, 2.24) is 10.2 Å². The lowest BCUT2D eigenvalue weighted by atomic mass is 10.1. The molecule has 0 aliphatic rings. The minimum Gasteiger partial charge on any atom is -0.473 e. The maximum atomic E-state index is 10.7. The third-order valence-electron chi connectivity index (χ3n) is 3.06. The molecule has 2 rings (SSSR count). The van der Waals surface area contributed by atoms with Gasteiger partial charge in [-0.05, 0) is 25.0 Å². The zero-order chi connectivity index (χ0) is 15.4. The summed E-state index contributed by atoms with van der Waals surface area (Å²) in [7, 11) is 0. The van der Waals surface area contributed by atoms with Crippen LogP contribution in [0.25, 0.3) is 0 Å². The maximum Gasteiger partial charge on any atom is 0.269 e. The van der Waals surface area contributed by atoms with Crippen molar-refractivity contribution < 1.29 is 14.8 Å². The van der Waals surface area contributed by atoms with Crippen LogP contribution < -0.4 is 4.74 Å². The van der Waals surface area contributed by atoms with Crippen LogP contribution in [0.4, 0.5) is 5.69 Å². The SMILES string of the molecule is Cc1cc(OCC(O)c2cccc([N+](=O)[O-])c2)nnc1C. The number of aryl methyl sites for hydroxylation is 2. The summed E-state index contributed by atoms with van der Waals surface area (Å²) in [6.07, 6.45) is -0.978. The van der Waals surface area contributed by atoms with Gasteiger partial charge in [0.1, 0.15) is 12.7 Å². The molecule has 110 valence electrons. The molecule has 1 N–H and O–H groups in total. The first-order valence-corrected chi connectivity index (χ1v) is 6.33. The van der Waals surface area contributed by atoms with E-state index in [4.69, 9.17) is 4.74 Å². The fraction of sp³-hybridized carbons (Fsp3) is 0.286. The zero-order valence-corrected chi connectivity index (χ0v) is 11.7. The lowest BCUT2D eigenvalue weighted by molar-refractivity contribution is -0.385. The van der Waals surface area contributed by atoms with Crippen molar-refractivity contribution in [1.29, 1.82) is 0 Å². The Morgan fingerprint density at radius 2 is 2.10 bits per heavy atom. The van der Waals surface area contributed by atoms with Crippen molar-refractivity contribution in [2.24, 2.45) is 0 Å². The summed E-state index contributed by atoms with van der Waals surface area (Å²) < 4.78 is 5.36. The number of nitro benzene ring substituents is 1. The van der Waals surface area contributed by atoms with Crippen molar-refractivity contribution in [3.05, 3.63) is 57.3 Å². The van der Waals surface area contributed by atoms with E-state index in [1.54, 1.807) is 12.1 Å². The number of nitrogens with zero attached hydrogens (tertiary/aromatic N) is 3. The van der Waals surface area contributed by atoms with Gasteiger partial charge in [-0.2, -0.15) is 5.10 Å². The van der Waals surface area contributed by atoms with E-state index in [9.17, 15) is 15.2 Å². The van der Waals surface area contributed by atoms with Crippen molar-refractivity contribution in [3.8, 4) is 5.88 Å². The lowest BCUT2D eigenvalue weighted by Gasteiger charge is -2.12. The van der Waals surface area contributed by atoms with E-state index in [0.717, 1.165) is 11.3 Å². The summed E-state index contributed by atoms with van der Waals surface area (Å²) in [6, 6.07) is 7.54. The largest absolute Gasteiger partial charge is 0.473 e. The Kier molecular flexibility index (Phi) is 4.44. The molecule has 0 aliphatic carbocycles. The molecule has 0 aliphatic heterocycles. The number of aliphatic hydroxyl groups is 1. The molecule has 1 atom stereocenters. The summed E-state index contributed by atoms with van der Waals surface area (Å²) in [5.41, 5.74) is 2.09. The van der Waals surface area contributed by atoms with Crippen LogP contribution in [0.15, 0.2) is 30.3 Å². The number of ether oxygens (including phenoxy) is 1. The van der Waals surface area contributed by atoms with E-state index in [0.29, 0.717) is 11.4 Å². The van der Waals surface area contributed by atoms with Gasteiger partial charge in [0.2, 0.25) is 5.88 Å².